The number of carbonyl (C=O) groups excluding carboxylic acids is 1. The molecule has 1 amide bonds. The van der Waals surface area contributed by atoms with E-state index in [1.165, 1.54) is 0 Å². The standard InChI is InChI=1S/C12H15N3O/c1-8-6-9-4-2-3-5-11(9)15(8)7-10(13)12(14)16/h2-6,10H,7,13H2,1H3,(H2,14,16). The lowest BCUT2D eigenvalue weighted by molar-refractivity contribution is -0.119. The lowest BCUT2D eigenvalue weighted by Crippen LogP contribution is -2.40. The molecule has 2 aromatic rings. The summed E-state index contributed by atoms with van der Waals surface area (Å²) in [5.74, 6) is -0.475. The molecule has 0 aliphatic heterocycles. The second-order valence-corrected chi connectivity index (χ2v) is 3.96. The summed E-state index contributed by atoms with van der Waals surface area (Å²) in [6.45, 7) is 2.42. The van der Waals surface area contributed by atoms with Crippen molar-refractivity contribution in [2.45, 2.75) is 19.5 Å². The number of aromatic nitrogens is 1. The highest BCUT2D eigenvalue weighted by molar-refractivity contribution is 5.82. The van der Waals surface area contributed by atoms with Gasteiger partial charge in [0.05, 0.1) is 0 Å². The van der Waals surface area contributed by atoms with Crippen molar-refractivity contribution in [1.82, 2.24) is 4.57 Å². The van der Waals surface area contributed by atoms with Gasteiger partial charge >= 0.3 is 0 Å². The molecule has 0 bridgehead atoms. The third-order valence-corrected chi connectivity index (χ3v) is 2.76. The fraction of sp³-hybridized carbons (Fsp3) is 0.250. The maximum Gasteiger partial charge on any atom is 0.236 e. The molecule has 1 aromatic carbocycles. The van der Waals surface area contributed by atoms with Gasteiger partial charge in [0.1, 0.15) is 6.04 Å². The fourth-order valence-electron chi connectivity index (χ4n) is 1.88. The van der Waals surface area contributed by atoms with Gasteiger partial charge in [-0.05, 0) is 24.4 Å². The van der Waals surface area contributed by atoms with Crippen LogP contribution in [0.15, 0.2) is 30.3 Å². The predicted octanol–water partition coefficient (Wildman–Crippen LogP) is 0.762. The third kappa shape index (κ3) is 1.79. The average Bonchev–Trinajstić information content (AvgIpc) is 2.55. The van der Waals surface area contributed by atoms with E-state index in [9.17, 15) is 4.79 Å². The third-order valence-electron chi connectivity index (χ3n) is 2.76. The Balaban J connectivity index is 2.43. The van der Waals surface area contributed by atoms with Gasteiger partial charge < -0.3 is 16.0 Å². The second kappa shape index (κ2) is 3.98. The van der Waals surface area contributed by atoms with Crippen LogP contribution in [0.3, 0.4) is 0 Å². The second-order valence-electron chi connectivity index (χ2n) is 3.96. The van der Waals surface area contributed by atoms with Crippen LogP contribution >= 0.6 is 0 Å². The number of benzene rings is 1. The summed E-state index contributed by atoms with van der Waals surface area (Å²) >= 11 is 0. The molecular weight excluding hydrogens is 202 g/mol. The Morgan fingerprint density at radius 2 is 2.12 bits per heavy atom. The molecule has 1 atom stereocenters. The molecule has 0 saturated heterocycles. The van der Waals surface area contributed by atoms with Crippen molar-refractivity contribution in [3.05, 3.63) is 36.0 Å². The molecule has 2 rings (SSSR count). The Morgan fingerprint density at radius 1 is 1.44 bits per heavy atom. The minimum atomic E-state index is -0.644. The molecule has 4 N–H and O–H groups in total. The number of amides is 1. The van der Waals surface area contributed by atoms with Gasteiger partial charge in [-0.2, -0.15) is 0 Å². The molecule has 4 heteroatoms. The number of hydrogen-bond acceptors (Lipinski definition) is 2. The number of carbonyl (C=O) groups is 1. The molecule has 1 aromatic heterocycles. The molecule has 0 radical (unpaired) electrons. The van der Waals surface area contributed by atoms with Crippen LogP contribution in [0, 0.1) is 6.92 Å². The molecule has 0 saturated carbocycles. The molecule has 1 unspecified atom stereocenters. The van der Waals surface area contributed by atoms with Crippen LogP contribution in [-0.2, 0) is 11.3 Å². The normalized spacial score (nSPS) is 12.9. The summed E-state index contributed by atoms with van der Waals surface area (Å²) in [6.07, 6.45) is 0. The van der Waals surface area contributed by atoms with E-state index < -0.39 is 11.9 Å². The zero-order chi connectivity index (χ0) is 11.7. The highest BCUT2D eigenvalue weighted by Gasteiger charge is 2.13. The Kier molecular flexibility index (Phi) is 2.66. The van der Waals surface area contributed by atoms with E-state index in [1.807, 2.05) is 35.8 Å². The van der Waals surface area contributed by atoms with Crippen LogP contribution in [0.4, 0.5) is 0 Å². The van der Waals surface area contributed by atoms with E-state index in [0.717, 1.165) is 16.6 Å². The SMILES string of the molecule is Cc1cc2ccccc2n1CC(N)C(N)=O. The van der Waals surface area contributed by atoms with Gasteiger partial charge in [-0.1, -0.05) is 18.2 Å². The first-order valence-electron chi connectivity index (χ1n) is 5.19. The summed E-state index contributed by atoms with van der Waals surface area (Å²) in [5.41, 5.74) is 13.0. The van der Waals surface area contributed by atoms with Gasteiger partial charge in [-0.25, -0.2) is 0 Å². The molecule has 1 heterocycles. The molecule has 16 heavy (non-hydrogen) atoms. The van der Waals surface area contributed by atoms with Gasteiger partial charge in [-0.15, -0.1) is 0 Å². The van der Waals surface area contributed by atoms with Gasteiger partial charge in [0.2, 0.25) is 5.91 Å². The van der Waals surface area contributed by atoms with Crippen molar-refractivity contribution in [2.75, 3.05) is 0 Å². The molecular formula is C12H15N3O. The average molecular weight is 217 g/mol. The highest BCUT2D eigenvalue weighted by atomic mass is 16.1. The zero-order valence-electron chi connectivity index (χ0n) is 9.18. The Morgan fingerprint density at radius 3 is 2.81 bits per heavy atom. The van der Waals surface area contributed by atoms with Gasteiger partial charge in [0.15, 0.2) is 0 Å². The molecule has 0 fully saturated rings. The quantitative estimate of drug-likeness (QED) is 0.796. The van der Waals surface area contributed by atoms with Crippen molar-refractivity contribution in [3.63, 3.8) is 0 Å². The molecule has 4 nitrogen and oxygen atoms in total. The Bertz CT molecular complexity index is 530. The summed E-state index contributed by atoms with van der Waals surface area (Å²) in [6, 6.07) is 9.43. The molecule has 0 aliphatic rings. The Labute approximate surface area is 93.8 Å². The van der Waals surface area contributed by atoms with E-state index in [2.05, 4.69) is 6.07 Å². The minimum absolute atomic E-state index is 0.425. The maximum absolute atomic E-state index is 11.0. The van der Waals surface area contributed by atoms with Crippen molar-refractivity contribution in [2.24, 2.45) is 11.5 Å². The first kappa shape index (κ1) is 10.7. The van der Waals surface area contributed by atoms with Gasteiger partial charge in [0, 0.05) is 17.8 Å². The summed E-state index contributed by atoms with van der Waals surface area (Å²) in [5, 5.41) is 1.15. The lowest BCUT2D eigenvalue weighted by Gasteiger charge is -2.12. The van der Waals surface area contributed by atoms with Gasteiger partial charge in [-0.3, -0.25) is 4.79 Å². The van der Waals surface area contributed by atoms with Crippen LogP contribution in [0.2, 0.25) is 0 Å². The molecule has 0 spiro atoms. The van der Waals surface area contributed by atoms with Crippen molar-refractivity contribution >= 4 is 16.8 Å². The zero-order valence-corrected chi connectivity index (χ0v) is 9.18. The molecule has 0 aliphatic carbocycles. The van der Waals surface area contributed by atoms with Crippen LogP contribution in [0.5, 0.6) is 0 Å². The van der Waals surface area contributed by atoms with E-state index >= 15 is 0 Å². The number of hydrogen-bond donors (Lipinski definition) is 2. The monoisotopic (exact) mass is 217 g/mol. The summed E-state index contributed by atoms with van der Waals surface area (Å²) in [4.78, 5) is 11.0. The Hall–Kier alpha value is -1.81. The van der Waals surface area contributed by atoms with Gasteiger partial charge in [0.25, 0.3) is 0 Å². The van der Waals surface area contributed by atoms with Crippen molar-refractivity contribution in [1.29, 1.82) is 0 Å². The summed E-state index contributed by atoms with van der Waals surface area (Å²) < 4.78 is 2.02. The number of aryl methyl sites for hydroxylation is 1. The van der Waals surface area contributed by atoms with Crippen LogP contribution < -0.4 is 11.5 Å². The first-order valence-corrected chi connectivity index (χ1v) is 5.19. The minimum Gasteiger partial charge on any atom is -0.368 e. The predicted molar refractivity (Wildman–Crippen MR) is 63.8 cm³/mol. The highest BCUT2D eigenvalue weighted by Crippen LogP contribution is 2.19. The first-order chi connectivity index (χ1) is 7.59. The van der Waals surface area contributed by atoms with Crippen LogP contribution in [-0.4, -0.2) is 16.5 Å². The van der Waals surface area contributed by atoms with Crippen LogP contribution in [0.1, 0.15) is 5.69 Å². The smallest absolute Gasteiger partial charge is 0.236 e. The van der Waals surface area contributed by atoms with E-state index in [0.29, 0.717) is 6.54 Å². The lowest BCUT2D eigenvalue weighted by atomic mass is 10.2. The van der Waals surface area contributed by atoms with E-state index in [-0.39, 0.29) is 0 Å². The van der Waals surface area contributed by atoms with E-state index in [4.69, 9.17) is 11.5 Å². The number of primary amides is 1. The topological polar surface area (TPSA) is 74.0 Å². The van der Waals surface area contributed by atoms with Crippen molar-refractivity contribution in [3.8, 4) is 0 Å². The number of rotatable bonds is 3. The largest absolute Gasteiger partial charge is 0.368 e. The number of nitrogens with two attached hydrogens (primary N) is 2. The molecule has 84 valence electrons. The maximum atomic E-state index is 11.0. The number of para-hydroxylation sites is 1. The van der Waals surface area contributed by atoms with E-state index in [1.54, 1.807) is 0 Å². The summed E-state index contributed by atoms with van der Waals surface area (Å²) in [7, 11) is 0. The van der Waals surface area contributed by atoms with Crippen LogP contribution in [0.25, 0.3) is 10.9 Å². The fourth-order valence-corrected chi connectivity index (χ4v) is 1.88. The number of fused-ring (bicyclic) bond motifs is 1. The van der Waals surface area contributed by atoms with Crippen molar-refractivity contribution < 1.29 is 4.79 Å². The number of nitrogens with zero attached hydrogens (tertiary/aromatic N) is 1.